The maximum Gasteiger partial charge on any atom is 0.315 e. The first kappa shape index (κ1) is 16.0. The number of urea groups is 1. The van der Waals surface area contributed by atoms with E-state index in [1.165, 1.54) is 4.90 Å². The van der Waals surface area contributed by atoms with E-state index in [9.17, 15) is 9.59 Å². The van der Waals surface area contributed by atoms with E-state index in [4.69, 9.17) is 16.2 Å². The molecular formula is C13H25N5O3. The minimum Gasteiger partial charge on any atom is -0.376 e. The van der Waals surface area contributed by atoms with Gasteiger partial charge in [0.25, 0.3) is 0 Å². The molecule has 0 radical (unpaired) electrons. The van der Waals surface area contributed by atoms with Gasteiger partial charge in [0.15, 0.2) is 0 Å². The Labute approximate surface area is 124 Å². The van der Waals surface area contributed by atoms with Crippen LogP contribution in [0, 0.1) is 0 Å². The topological polar surface area (TPSA) is 114 Å². The second-order valence-electron chi connectivity index (χ2n) is 5.58. The summed E-state index contributed by atoms with van der Waals surface area (Å²) >= 11 is 0. The lowest BCUT2D eigenvalue weighted by Gasteiger charge is -2.27. The number of likely N-dealkylation sites (tertiary alicyclic amines) is 1. The molecule has 0 spiro atoms. The summed E-state index contributed by atoms with van der Waals surface area (Å²) in [5, 5.41) is 3.31. The van der Waals surface area contributed by atoms with Crippen molar-refractivity contribution in [3.05, 3.63) is 0 Å². The Hall–Kier alpha value is -1.38. The Bertz CT molecular complexity index is 351. The van der Waals surface area contributed by atoms with Crippen molar-refractivity contribution < 1.29 is 14.3 Å². The minimum absolute atomic E-state index is 0.155. The lowest BCUT2D eigenvalue weighted by atomic mass is 10.2. The lowest BCUT2D eigenvalue weighted by molar-refractivity contribution is -0.121. The van der Waals surface area contributed by atoms with Crippen molar-refractivity contribution in [1.29, 1.82) is 0 Å². The van der Waals surface area contributed by atoms with Crippen LogP contribution in [0.1, 0.15) is 12.8 Å². The zero-order valence-corrected chi connectivity index (χ0v) is 12.3. The fourth-order valence-corrected chi connectivity index (χ4v) is 2.90. The monoisotopic (exact) mass is 299 g/mol. The molecule has 8 heteroatoms. The smallest absolute Gasteiger partial charge is 0.315 e. The Balaban J connectivity index is 1.66. The molecule has 5 N–H and O–H groups in total. The molecule has 2 aliphatic heterocycles. The number of nitrogens with two attached hydrogens (primary N) is 2. The van der Waals surface area contributed by atoms with Gasteiger partial charge in [-0.25, -0.2) is 4.79 Å². The number of carbonyl (C=O) groups excluding carboxylic acids is 2. The first-order valence-corrected chi connectivity index (χ1v) is 7.48. The van der Waals surface area contributed by atoms with E-state index in [0.29, 0.717) is 19.6 Å². The summed E-state index contributed by atoms with van der Waals surface area (Å²) in [5.74, 6) is -0.527. The fourth-order valence-electron chi connectivity index (χ4n) is 2.90. The molecule has 0 aromatic rings. The van der Waals surface area contributed by atoms with Gasteiger partial charge in [0, 0.05) is 52.3 Å². The first-order valence-electron chi connectivity index (χ1n) is 7.48. The summed E-state index contributed by atoms with van der Waals surface area (Å²) < 4.78 is 5.76. The number of nitrogens with one attached hydrogen (secondary N) is 1. The van der Waals surface area contributed by atoms with Crippen LogP contribution in [0.15, 0.2) is 0 Å². The number of rotatable bonds is 6. The Kier molecular flexibility index (Phi) is 5.77. The van der Waals surface area contributed by atoms with Gasteiger partial charge in [-0.1, -0.05) is 0 Å². The highest BCUT2D eigenvalue weighted by Gasteiger charge is 2.38. The van der Waals surface area contributed by atoms with Crippen molar-refractivity contribution in [2.45, 2.75) is 25.0 Å². The van der Waals surface area contributed by atoms with Gasteiger partial charge in [0.1, 0.15) is 6.04 Å². The average Bonchev–Trinajstić information content (AvgIpc) is 2.89. The highest BCUT2D eigenvalue weighted by Crippen LogP contribution is 2.20. The number of hydrogen-bond donors (Lipinski definition) is 3. The van der Waals surface area contributed by atoms with Crippen molar-refractivity contribution in [1.82, 2.24) is 15.1 Å². The molecule has 8 nitrogen and oxygen atoms in total. The van der Waals surface area contributed by atoms with Crippen LogP contribution in [0.4, 0.5) is 4.79 Å². The zero-order valence-electron chi connectivity index (χ0n) is 12.3. The van der Waals surface area contributed by atoms with Gasteiger partial charge in [-0.15, -0.1) is 0 Å². The Morgan fingerprint density at radius 2 is 1.95 bits per heavy atom. The number of carbonyl (C=O) groups is 2. The number of hydrogen-bond acceptors (Lipinski definition) is 5. The van der Waals surface area contributed by atoms with E-state index in [0.717, 1.165) is 39.1 Å². The van der Waals surface area contributed by atoms with E-state index in [-0.39, 0.29) is 6.10 Å². The highest BCUT2D eigenvalue weighted by molar-refractivity contribution is 5.86. The maximum absolute atomic E-state index is 11.3. The molecule has 2 fully saturated rings. The number of nitrogens with zero attached hydrogens (tertiary/aromatic N) is 2. The van der Waals surface area contributed by atoms with Crippen LogP contribution in [-0.4, -0.2) is 79.8 Å². The third-order valence-corrected chi connectivity index (χ3v) is 4.06. The van der Waals surface area contributed by atoms with Gasteiger partial charge in [-0.2, -0.15) is 0 Å². The van der Waals surface area contributed by atoms with Crippen molar-refractivity contribution in [3.8, 4) is 0 Å². The van der Waals surface area contributed by atoms with Crippen LogP contribution in [0.2, 0.25) is 0 Å². The molecule has 0 aromatic carbocycles. The van der Waals surface area contributed by atoms with Crippen LogP contribution in [0.5, 0.6) is 0 Å². The predicted molar refractivity (Wildman–Crippen MR) is 77.6 cm³/mol. The van der Waals surface area contributed by atoms with Crippen molar-refractivity contribution in [2.24, 2.45) is 11.5 Å². The number of primary amides is 2. The van der Waals surface area contributed by atoms with Gasteiger partial charge in [0.05, 0.1) is 6.10 Å². The van der Waals surface area contributed by atoms with Crippen LogP contribution in [0.3, 0.4) is 0 Å². The van der Waals surface area contributed by atoms with Gasteiger partial charge >= 0.3 is 6.03 Å². The quantitative estimate of drug-likeness (QED) is 0.506. The second-order valence-corrected chi connectivity index (χ2v) is 5.58. The standard InChI is InChI=1S/C13H25N5O3/c14-12(19)11-8-10(9-18(11)13(15)20)21-7-1-4-17-5-2-16-3-6-17/h10-11,16H,1-9H2,(H2,14,19)(H2,15,20). The molecule has 21 heavy (non-hydrogen) atoms. The summed E-state index contributed by atoms with van der Waals surface area (Å²) in [5.41, 5.74) is 10.5. The van der Waals surface area contributed by atoms with Crippen LogP contribution in [0.25, 0.3) is 0 Å². The molecule has 2 rings (SSSR count). The molecule has 2 heterocycles. The molecule has 120 valence electrons. The van der Waals surface area contributed by atoms with Crippen molar-refractivity contribution >= 4 is 11.9 Å². The summed E-state index contributed by atoms with van der Waals surface area (Å²) in [6, 6.07) is -1.26. The maximum atomic E-state index is 11.3. The number of ether oxygens (including phenoxy) is 1. The van der Waals surface area contributed by atoms with Gasteiger partial charge < -0.3 is 31.3 Å². The zero-order chi connectivity index (χ0) is 15.2. The molecule has 3 amide bonds. The van der Waals surface area contributed by atoms with Crippen LogP contribution >= 0.6 is 0 Å². The normalized spacial score (nSPS) is 27.0. The van der Waals surface area contributed by atoms with Crippen molar-refractivity contribution in [2.75, 3.05) is 45.9 Å². The van der Waals surface area contributed by atoms with E-state index < -0.39 is 18.0 Å². The summed E-state index contributed by atoms with van der Waals surface area (Å²) in [4.78, 5) is 26.3. The molecule has 0 aliphatic carbocycles. The third kappa shape index (κ3) is 4.55. The molecular weight excluding hydrogens is 274 g/mol. The van der Waals surface area contributed by atoms with Gasteiger partial charge in [0.2, 0.25) is 5.91 Å². The first-order chi connectivity index (χ1) is 10.1. The van der Waals surface area contributed by atoms with E-state index in [1.54, 1.807) is 0 Å². The van der Waals surface area contributed by atoms with E-state index in [2.05, 4.69) is 10.2 Å². The largest absolute Gasteiger partial charge is 0.376 e. The lowest BCUT2D eigenvalue weighted by Crippen LogP contribution is -2.46. The second kappa shape index (κ2) is 7.58. The summed E-state index contributed by atoms with van der Waals surface area (Å²) in [6.45, 7) is 6.19. The highest BCUT2D eigenvalue weighted by atomic mass is 16.5. The number of amides is 3. The third-order valence-electron chi connectivity index (χ3n) is 4.06. The molecule has 2 atom stereocenters. The molecule has 0 bridgehead atoms. The Morgan fingerprint density at radius 3 is 2.52 bits per heavy atom. The molecule has 0 saturated carbocycles. The van der Waals surface area contributed by atoms with Crippen LogP contribution < -0.4 is 16.8 Å². The fraction of sp³-hybridized carbons (Fsp3) is 0.846. The van der Waals surface area contributed by atoms with Gasteiger partial charge in [-0.3, -0.25) is 4.79 Å². The van der Waals surface area contributed by atoms with Crippen LogP contribution in [-0.2, 0) is 9.53 Å². The molecule has 2 aliphatic rings. The minimum atomic E-state index is -0.638. The van der Waals surface area contributed by atoms with Gasteiger partial charge in [-0.05, 0) is 6.42 Å². The summed E-state index contributed by atoms with van der Waals surface area (Å²) in [7, 11) is 0. The Morgan fingerprint density at radius 1 is 1.24 bits per heavy atom. The SMILES string of the molecule is NC(=O)C1CC(OCCCN2CCNCC2)CN1C(N)=O. The summed E-state index contributed by atoms with van der Waals surface area (Å²) in [6.07, 6.45) is 1.22. The molecule has 0 aromatic heterocycles. The van der Waals surface area contributed by atoms with E-state index >= 15 is 0 Å². The van der Waals surface area contributed by atoms with Crippen molar-refractivity contribution in [3.63, 3.8) is 0 Å². The molecule has 2 saturated heterocycles. The number of piperazine rings is 1. The van der Waals surface area contributed by atoms with E-state index in [1.807, 2.05) is 0 Å². The predicted octanol–water partition coefficient (Wildman–Crippen LogP) is -1.69. The molecule has 2 unspecified atom stereocenters. The average molecular weight is 299 g/mol.